The molecule has 0 saturated carbocycles. The van der Waals surface area contributed by atoms with Gasteiger partial charge in [0.2, 0.25) is 0 Å². The number of anilines is 2. The van der Waals surface area contributed by atoms with Crippen molar-refractivity contribution in [2.24, 2.45) is 0 Å². The third kappa shape index (κ3) is 4.90. The number of non-ortho nitro benzene ring substituents is 1. The average molecular weight is 465 g/mol. The van der Waals surface area contributed by atoms with Crippen LogP contribution in [0, 0.1) is 24.0 Å². The lowest BCUT2D eigenvalue weighted by Crippen LogP contribution is -2.09. The van der Waals surface area contributed by atoms with Gasteiger partial charge < -0.3 is 14.8 Å². The molecule has 10 heteroatoms. The third-order valence-electron chi connectivity index (χ3n) is 4.95. The van der Waals surface area contributed by atoms with Gasteiger partial charge in [-0.05, 0) is 31.5 Å². The predicted molar refractivity (Wildman–Crippen MR) is 126 cm³/mol. The quantitative estimate of drug-likeness (QED) is 0.217. The Labute approximate surface area is 193 Å². The molecule has 0 aliphatic carbocycles. The maximum Gasteiger partial charge on any atom is 0.313 e. The molecule has 0 atom stereocenters. The van der Waals surface area contributed by atoms with Crippen molar-refractivity contribution in [2.75, 3.05) is 12.4 Å². The second-order valence-electron chi connectivity index (χ2n) is 7.22. The van der Waals surface area contributed by atoms with Gasteiger partial charge in [0.25, 0.3) is 5.69 Å². The first-order chi connectivity index (χ1) is 15.8. The molecule has 9 nitrogen and oxygen atoms in total. The number of ether oxygens (including phenoxy) is 2. The summed E-state index contributed by atoms with van der Waals surface area (Å²) >= 11 is 1.49. The number of methoxy groups -OCH3 is 1. The molecule has 2 aromatic carbocycles. The molecule has 0 radical (unpaired) electrons. The van der Waals surface area contributed by atoms with E-state index in [1.165, 1.54) is 30.6 Å². The van der Waals surface area contributed by atoms with Crippen LogP contribution < -0.4 is 10.1 Å². The number of aromatic nitrogens is 2. The van der Waals surface area contributed by atoms with Crippen LogP contribution in [0.4, 0.5) is 17.2 Å². The van der Waals surface area contributed by atoms with E-state index in [4.69, 9.17) is 9.47 Å². The maximum atomic E-state index is 11.8. The van der Waals surface area contributed by atoms with Crippen molar-refractivity contribution < 1.29 is 19.2 Å². The van der Waals surface area contributed by atoms with E-state index in [9.17, 15) is 14.9 Å². The van der Waals surface area contributed by atoms with Crippen LogP contribution in [-0.2, 0) is 16.0 Å². The summed E-state index contributed by atoms with van der Waals surface area (Å²) in [4.78, 5) is 33.6. The summed E-state index contributed by atoms with van der Waals surface area (Å²) in [6, 6.07) is 13.4. The summed E-state index contributed by atoms with van der Waals surface area (Å²) in [5, 5.41) is 15.5. The first kappa shape index (κ1) is 22.2. The van der Waals surface area contributed by atoms with Crippen LogP contribution in [0.5, 0.6) is 11.5 Å². The minimum absolute atomic E-state index is 0.0889. The number of aryl methyl sites for hydroxylation is 2. The Bertz CT molecular complexity index is 1350. The molecule has 168 valence electrons. The van der Waals surface area contributed by atoms with E-state index >= 15 is 0 Å². The van der Waals surface area contributed by atoms with Crippen molar-refractivity contribution >= 4 is 44.7 Å². The Balaban J connectivity index is 1.77. The average Bonchev–Trinajstić information content (AvgIpc) is 3.07. The number of esters is 1. The van der Waals surface area contributed by atoms with Crippen LogP contribution in [0.2, 0.25) is 0 Å². The number of nitro groups is 1. The van der Waals surface area contributed by atoms with Gasteiger partial charge in [0.15, 0.2) is 0 Å². The van der Waals surface area contributed by atoms with Crippen molar-refractivity contribution in [3.63, 3.8) is 0 Å². The lowest BCUT2D eigenvalue weighted by atomic mass is 10.2. The van der Waals surface area contributed by atoms with Crippen molar-refractivity contribution in [3.05, 3.63) is 74.9 Å². The van der Waals surface area contributed by atoms with Crippen LogP contribution in [0.15, 0.2) is 48.5 Å². The predicted octanol–water partition coefficient (Wildman–Crippen LogP) is 5.47. The fourth-order valence-electron chi connectivity index (χ4n) is 3.25. The van der Waals surface area contributed by atoms with Crippen molar-refractivity contribution in [1.29, 1.82) is 0 Å². The summed E-state index contributed by atoms with van der Waals surface area (Å²) in [6.07, 6.45) is -0.0889. The van der Waals surface area contributed by atoms with Gasteiger partial charge in [-0.3, -0.25) is 14.9 Å². The summed E-state index contributed by atoms with van der Waals surface area (Å²) in [5.74, 6) is 1.14. The molecule has 2 heterocycles. The van der Waals surface area contributed by atoms with Gasteiger partial charge in [-0.15, -0.1) is 11.3 Å². The number of fused-ring (bicyclic) bond motifs is 1. The van der Waals surface area contributed by atoms with Gasteiger partial charge in [-0.1, -0.05) is 18.2 Å². The molecule has 0 bridgehead atoms. The first-order valence-corrected chi connectivity index (χ1v) is 10.8. The van der Waals surface area contributed by atoms with Gasteiger partial charge in [-0.2, -0.15) is 0 Å². The zero-order valence-electron chi connectivity index (χ0n) is 18.1. The van der Waals surface area contributed by atoms with E-state index in [-0.39, 0.29) is 12.1 Å². The fraction of sp³-hybridized carbons (Fsp3) is 0.174. The number of carbonyl (C=O) groups excluding carboxylic acids is 1. The number of carbonyl (C=O) groups is 1. The molecule has 0 aliphatic heterocycles. The van der Waals surface area contributed by atoms with Gasteiger partial charge in [0, 0.05) is 17.0 Å². The summed E-state index contributed by atoms with van der Waals surface area (Å²) in [7, 11) is 1.30. The molecular formula is C23H20N4O5S. The summed E-state index contributed by atoms with van der Waals surface area (Å²) in [6.45, 7) is 3.94. The summed E-state index contributed by atoms with van der Waals surface area (Å²) in [5.41, 5.74) is 1.28. The van der Waals surface area contributed by atoms with Crippen molar-refractivity contribution in [2.45, 2.75) is 20.3 Å². The Morgan fingerprint density at radius 3 is 2.58 bits per heavy atom. The highest BCUT2D eigenvalue weighted by molar-refractivity contribution is 7.18. The highest BCUT2D eigenvalue weighted by Gasteiger charge is 2.18. The second-order valence-corrected chi connectivity index (χ2v) is 8.42. The number of nitrogens with zero attached hydrogens (tertiary/aromatic N) is 3. The lowest BCUT2D eigenvalue weighted by molar-refractivity contribution is -0.384. The topological polar surface area (TPSA) is 116 Å². The number of hydrogen-bond donors (Lipinski definition) is 1. The zero-order valence-corrected chi connectivity index (χ0v) is 18.9. The van der Waals surface area contributed by atoms with Crippen LogP contribution in [0.3, 0.4) is 0 Å². The Morgan fingerprint density at radius 1 is 1.12 bits per heavy atom. The lowest BCUT2D eigenvalue weighted by Gasteiger charge is -2.12. The Kier molecular flexibility index (Phi) is 6.18. The number of nitro benzene ring substituents is 1. The Morgan fingerprint density at radius 2 is 1.88 bits per heavy atom. The molecule has 0 unspecified atom stereocenters. The van der Waals surface area contributed by atoms with E-state index in [0.717, 1.165) is 15.8 Å². The number of nitrogens with one attached hydrogen (secondary N) is 1. The largest absolute Gasteiger partial charge is 0.469 e. The minimum Gasteiger partial charge on any atom is -0.469 e. The van der Waals surface area contributed by atoms with Crippen molar-refractivity contribution in [1.82, 2.24) is 9.97 Å². The molecule has 0 spiro atoms. The zero-order chi connectivity index (χ0) is 23.5. The van der Waals surface area contributed by atoms with Crippen LogP contribution in [0.1, 0.15) is 16.3 Å². The number of hydrogen-bond acceptors (Lipinski definition) is 9. The number of para-hydroxylation sites is 1. The number of thiophene rings is 1. The Hall–Kier alpha value is -4.05. The third-order valence-corrected chi connectivity index (χ3v) is 6.05. The molecular weight excluding hydrogens is 444 g/mol. The second kappa shape index (κ2) is 9.21. The van der Waals surface area contributed by atoms with Crippen LogP contribution in [0.25, 0.3) is 10.2 Å². The van der Waals surface area contributed by atoms with E-state index in [1.807, 2.05) is 32.0 Å². The van der Waals surface area contributed by atoms with E-state index in [2.05, 4.69) is 15.3 Å². The van der Waals surface area contributed by atoms with Crippen LogP contribution >= 0.6 is 11.3 Å². The smallest absolute Gasteiger partial charge is 0.313 e. The first-order valence-electron chi connectivity index (χ1n) is 9.97. The molecule has 0 saturated heterocycles. The molecule has 2 aromatic heterocycles. The molecule has 1 N–H and O–H groups in total. The van der Waals surface area contributed by atoms with E-state index < -0.39 is 10.9 Å². The number of rotatable bonds is 7. The van der Waals surface area contributed by atoms with Gasteiger partial charge >= 0.3 is 5.97 Å². The summed E-state index contributed by atoms with van der Waals surface area (Å²) < 4.78 is 10.6. The molecule has 0 fully saturated rings. The highest BCUT2D eigenvalue weighted by atomic mass is 32.1. The molecule has 4 aromatic rings. The van der Waals surface area contributed by atoms with Crippen LogP contribution in [-0.4, -0.2) is 28.0 Å². The molecule has 4 rings (SSSR count). The monoisotopic (exact) mass is 464 g/mol. The van der Waals surface area contributed by atoms with E-state index in [0.29, 0.717) is 33.7 Å². The van der Waals surface area contributed by atoms with Gasteiger partial charge in [-0.25, -0.2) is 9.97 Å². The maximum absolute atomic E-state index is 11.8. The highest BCUT2D eigenvalue weighted by Crippen LogP contribution is 2.36. The minimum atomic E-state index is -0.485. The molecule has 0 aliphatic rings. The number of benzene rings is 2. The fourth-order valence-corrected chi connectivity index (χ4v) is 4.29. The molecule has 33 heavy (non-hydrogen) atoms. The molecule has 0 amide bonds. The van der Waals surface area contributed by atoms with E-state index in [1.54, 1.807) is 18.2 Å². The van der Waals surface area contributed by atoms with Gasteiger partial charge in [0.1, 0.15) is 34.4 Å². The van der Waals surface area contributed by atoms with Crippen molar-refractivity contribution in [3.8, 4) is 11.5 Å². The SMILES string of the molecule is COC(=O)Cc1nc(Nc2cc(Oc3ccccc3)cc([N+](=O)[O-])c2)c2c(C)c(C)sc2n1. The standard InChI is InChI=1S/C23H20N4O5S/c1-13-14(2)33-23-21(13)22(25-19(26-23)12-20(28)31-3)24-15-9-16(27(29)30)11-18(10-15)32-17-7-5-4-6-8-17/h4-11H,12H2,1-3H3,(H,24,25,26). The van der Waals surface area contributed by atoms with Gasteiger partial charge in [0.05, 0.1) is 29.2 Å². The normalized spacial score (nSPS) is 10.8.